The minimum atomic E-state index is -0.0934. The zero-order chi connectivity index (χ0) is 13.8. The maximum absolute atomic E-state index is 12.2. The lowest BCUT2D eigenvalue weighted by Crippen LogP contribution is -2.28. The number of fused-ring (bicyclic) bond motifs is 1. The molecule has 0 aliphatic heterocycles. The maximum atomic E-state index is 12.2. The summed E-state index contributed by atoms with van der Waals surface area (Å²) < 4.78 is 0. The molecule has 0 radical (unpaired) electrons. The van der Waals surface area contributed by atoms with Crippen molar-refractivity contribution in [1.29, 1.82) is 0 Å². The van der Waals surface area contributed by atoms with Crippen LogP contribution in [-0.4, -0.2) is 29.4 Å². The largest absolute Gasteiger partial charge is 0.340 e. The van der Waals surface area contributed by atoms with Crippen LogP contribution in [0.5, 0.6) is 0 Å². The van der Waals surface area contributed by atoms with Crippen molar-refractivity contribution < 1.29 is 4.79 Å². The number of nitrogens with two attached hydrogens (primary N) is 1. The molecule has 1 aromatic carbocycles. The van der Waals surface area contributed by atoms with Crippen molar-refractivity contribution in [3.8, 4) is 0 Å². The molecule has 19 heavy (non-hydrogen) atoms. The van der Waals surface area contributed by atoms with Crippen LogP contribution >= 0.6 is 0 Å². The molecule has 0 bridgehead atoms. The van der Waals surface area contributed by atoms with Gasteiger partial charge in [0.05, 0.1) is 0 Å². The summed E-state index contributed by atoms with van der Waals surface area (Å²) in [6.07, 6.45) is 0.915. The first kappa shape index (κ1) is 13.3. The number of benzene rings is 1. The summed E-state index contributed by atoms with van der Waals surface area (Å²) in [6.45, 7) is 2.74. The third kappa shape index (κ3) is 2.66. The molecule has 0 spiro atoms. The highest BCUT2D eigenvalue weighted by Crippen LogP contribution is 2.22. The quantitative estimate of drug-likeness (QED) is 0.650. The van der Waals surface area contributed by atoms with Crippen molar-refractivity contribution in [2.24, 2.45) is 5.84 Å². The first-order valence-electron chi connectivity index (χ1n) is 6.29. The smallest absolute Gasteiger partial charge is 0.272 e. The molecule has 0 saturated carbocycles. The number of nitrogens with zero attached hydrogens (tertiary/aromatic N) is 2. The molecule has 1 aromatic heterocycles. The van der Waals surface area contributed by atoms with Gasteiger partial charge in [0.25, 0.3) is 5.91 Å². The summed E-state index contributed by atoms with van der Waals surface area (Å²) in [4.78, 5) is 18.2. The second-order valence-corrected chi connectivity index (χ2v) is 4.45. The molecule has 5 nitrogen and oxygen atoms in total. The lowest BCUT2D eigenvalue weighted by Gasteiger charge is -2.16. The van der Waals surface area contributed by atoms with Crippen LogP contribution in [0.15, 0.2) is 30.3 Å². The van der Waals surface area contributed by atoms with Gasteiger partial charge < -0.3 is 10.3 Å². The number of hydrogen-bond donors (Lipinski definition) is 2. The van der Waals surface area contributed by atoms with Crippen molar-refractivity contribution in [2.75, 3.05) is 19.0 Å². The fourth-order valence-electron chi connectivity index (χ4n) is 2.05. The second kappa shape index (κ2) is 5.67. The van der Waals surface area contributed by atoms with Crippen molar-refractivity contribution >= 4 is 22.5 Å². The average molecular weight is 258 g/mol. The van der Waals surface area contributed by atoms with Gasteiger partial charge in [0.1, 0.15) is 11.5 Å². The molecule has 0 aliphatic carbocycles. The third-order valence-electron chi connectivity index (χ3n) is 3.00. The Morgan fingerprint density at radius 1 is 1.42 bits per heavy atom. The lowest BCUT2D eigenvalue weighted by molar-refractivity contribution is 0.0789. The van der Waals surface area contributed by atoms with Gasteiger partial charge in [-0.05, 0) is 17.9 Å². The fraction of sp³-hybridized carbons (Fsp3) is 0.286. The molecule has 0 atom stereocenters. The van der Waals surface area contributed by atoms with E-state index in [9.17, 15) is 4.79 Å². The number of nitrogen functional groups attached to an aromatic ring is 1. The molecule has 0 aliphatic rings. The van der Waals surface area contributed by atoms with E-state index in [0.717, 1.165) is 17.2 Å². The predicted molar refractivity (Wildman–Crippen MR) is 76.8 cm³/mol. The maximum Gasteiger partial charge on any atom is 0.272 e. The van der Waals surface area contributed by atoms with Gasteiger partial charge in [0.2, 0.25) is 0 Å². The standard InChI is InChI=1S/C14H18N4O/c1-3-8-18(2)14(19)12-9-10-6-4-5-7-11(10)13(16-12)17-15/h4-7,9H,3,8,15H2,1-2H3,(H,16,17). The second-order valence-electron chi connectivity index (χ2n) is 4.45. The van der Waals surface area contributed by atoms with Crippen molar-refractivity contribution in [3.05, 3.63) is 36.0 Å². The zero-order valence-electron chi connectivity index (χ0n) is 11.2. The Bertz CT molecular complexity index is 597. The zero-order valence-corrected chi connectivity index (χ0v) is 11.2. The number of amides is 1. The van der Waals surface area contributed by atoms with Crippen LogP contribution in [0.3, 0.4) is 0 Å². The van der Waals surface area contributed by atoms with Gasteiger partial charge in [0.15, 0.2) is 0 Å². The average Bonchev–Trinajstić information content (AvgIpc) is 2.45. The van der Waals surface area contributed by atoms with Crippen LogP contribution in [0.25, 0.3) is 10.8 Å². The van der Waals surface area contributed by atoms with Gasteiger partial charge in [-0.2, -0.15) is 0 Å². The van der Waals surface area contributed by atoms with Crippen LogP contribution in [0.2, 0.25) is 0 Å². The Balaban J connectivity index is 2.47. The van der Waals surface area contributed by atoms with E-state index in [4.69, 9.17) is 5.84 Å². The highest BCUT2D eigenvalue weighted by molar-refractivity contribution is 6.00. The molecule has 0 fully saturated rings. The van der Waals surface area contributed by atoms with Gasteiger partial charge in [-0.3, -0.25) is 4.79 Å². The van der Waals surface area contributed by atoms with E-state index in [1.165, 1.54) is 0 Å². The van der Waals surface area contributed by atoms with E-state index in [0.29, 0.717) is 18.1 Å². The van der Waals surface area contributed by atoms with Crippen LogP contribution in [0.4, 0.5) is 5.82 Å². The third-order valence-corrected chi connectivity index (χ3v) is 3.00. The van der Waals surface area contributed by atoms with E-state index < -0.39 is 0 Å². The van der Waals surface area contributed by atoms with E-state index in [1.54, 1.807) is 18.0 Å². The van der Waals surface area contributed by atoms with Gasteiger partial charge >= 0.3 is 0 Å². The van der Waals surface area contributed by atoms with Crippen molar-refractivity contribution in [2.45, 2.75) is 13.3 Å². The fourth-order valence-corrected chi connectivity index (χ4v) is 2.05. The van der Waals surface area contributed by atoms with Crippen molar-refractivity contribution in [3.63, 3.8) is 0 Å². The Hall–Kier alpha value is -2.14. The number of hydrazine groups is 1. The Morgan fingerprint density at radius 2 is 2.16 bits per heavy atom. The molecule has 100 valence electrons. The topological polar surface area (TPSA) is 71.2 Å². The summed E-state index contributed by atoms with van der Waals surface area (Å²) in [5.74, 6) is 5.91. The molecule has 2 rings (SSSR count). The minimum Gasteiger partial charge on any atom is -0.340 e. The molecule has 3 N–H and O–H groups in total. The predicted octanol–water partition coefficient (Wildman–Crippen LogP) is 2.00. The van der Waals surface area contributed by atoms with E-state index in [-0.39, 0.29) is 5.91 Å². The number of hydrogen-bond acceptors (Lipinski definition) is 4. The van der Waals surface area contributed by atoms with Gasteiger partial charge in [-0.25, -0.2) is 10.8 Å². The van der Waals surface area contributed by atoms with E-state index >= 15 is 0 Å². The van der Waals surface area contributed by atoms with Gasteiger partial charge in [-0.15, -0.1) is 0 Å². The first-order chi connectivity index (χ1) is 9.17. The molecular weight excluding hydrogens is 240 g/mol. The summed E-state index contributed by atoms with van der Waals surface area (Å²) in [5, 5.41) is 1.85. The molecule has 1 heterocycles. The number of aromatic nitrogens is 1. The summed E-state index contributed by atoms with van der Waals surface area (Å²) in [5.41, 5.74) is 2.96. The normalized spacial score (nSPS) is 10.5. The van der Waals surface area contributed by atoms with E-state index in [1.807, 2.05) is 31.2 Å². The Labute approximate surface area is 112 Å². The monoisotopic (exact) mass is 258 g/mol. The number of pyridine rings is 1. The van der Waals surface area contributed by atoms with E-state index in [2.05, 4.69) is 10.4 Å². The van der Waals surface area contributed by atoms with Crippen LogP contribution in [0, 0.1) is 0 Å². The first-order valence-corrected chi connectivity index (χ1v) is 6.29. The summed E-state index contributed by atoms with van der Waals surface area (Å²) in [6, 6.07) is 9.49. The molecular formula is C14H18N4O. The SMILES string of the molecule is CCCN(C)C(=O)c1cc2ccccc2c(NN)n1. The minimum absolute atomic E-state index is 0.0934. The molecule has 0 unspecified atom stereocenters. The number of rotatable bonds is 4. The summed E-state index contributed by atoms with van der Waals surface area (Å²) >= 11 is 0. The Kier molecular flexibility index (Phi) is 3.97. The van der Waals surface area contributed by atoms with Gasteiger partial charge in [0, 0.05) is 19.0 Å². The molecule has 5 heteroatoms. The lowest BCUT2D eigenvalue weighted by atomic mass is 10.1. The highest BCUT2D eigenvalue weighted by Gasteiger charge is 2.15. The van der Waals surface area contributed by atoms with Crippen molar-refractivity contribution in [1.82, 2.24) is 9.88 Å². The van der Waals surface area contributed by atoms with Crippen LogP contribution in [0.1, 0.15) is 23.8 Å². The van der Waals surface area contributed by atoms with Crippen LogP contribution < -0.4 is 11.3 Å². The Morgan fingerprint density at radius 3 is 2.84 bits per heavy atom. The highest BCUT2D eigenvalue weighted by atomic mass is 16.2. The number of anilines is 1. The number of carbonyl (C=O) groups excluding carboxylic acids is 1. The van der Waals surface area contributed by atoms with Gasteiger partial charge in [-0.1, -0.05) is 31.2 Å². The molecule has 0 saturated heterocycles. The molecule has 1 amide bonds. The van der Waals surface area contributed by atoms with Crippen LogP contribution in [-0.2, 0) is 0 Å². The number of nitrogens with one attached hydrogen (secondary N) is 1. The number of carbonyl (C=O) groups is 1. The molecule has 2 aromatic rings. The summed E-state index contributed by atoms with van der Waals surface area (Å²) in [7, 11) is 1.78.